The topological polar surface area (TPSA) is 58.4 Å². The van der Waals surface area contributed by atoms with Gasteiger partial charge in [-0.3, -0.25) is 10.1 Å². The number of non-ortho nitro benzene ring substituents is 1. The molecule has 0 heterocycles. The highest BCUT2D eigenvalue weighted by atomic mass is 35.5. The number of nitrogens with one attached hydrogen (secondary N) is 1. The van der Waals surface area contributed by atoms with Gasteiger partial charge in [0, 0.05) is 31.3 Å². The number of rotatable bonds is 8. The van der Waals surface area contributed by atoms with Gasteiger partial charge in [0.2, 0.25) is 0 Å². The lowest BCUT2D eigenvalue weighted by atomic mass is 10.0. The minimum Gasteiger partial charge on any atom is -0.309 e. The number of hydrogen-bond acceptors (Lipinski definition) is 4. The van der Waals surface area contributed by atoms with E-state index in [1.165, 1.54) is 12.1 Å². The van der Waals surface area contributed by atoms with Crippen molar-refractivity contribution in [3.8, 4) is 0 Å². The Bertz CT molecular complexity index is 468. The molecule has 0 aliphatic rings. The van der Waals surface area contributed by atoms with Gasteiger partial charge in [-0.25, -0.2) is 0 Å². The summed E-state index contributed by atoms with van der Waals surface area (Å²) in [6, 6.07) is 4.98. The average Bonchev–Trinajstić information content (AvgIpc) is 2.35. The molecule has 6 heteroatoms. The third-order valence-corrected chi connectivity index (χ3v) is 3.52. The van der Waals surface area contributed by atoms with Crippen LogP contribution in [-0.2, 0) is 6.54 Å². The van der Waals surface area contributed by atoms with Crippen molar-refractivity contribution in [2.75, 3.05) is 20.6 Å². The van der Waals surface area contributed by atoms with E-state index in [9.17, 15) is 10.1 Å². The molecule has 0 spiro atoms. The third kappa shape index (κ3) is 6.42. The summed E-state index contributed by atoms with van der Waals surface area (Å²) in [7, 11) is 4.10. The minimum atomic E-state index is -0.434. The molecule has 1 atom stereocenters. The molecule has 1 N–H and O–H groups in total. The first-order valence-electron chi connectivity index (χ1n) is 7.10. The maximum atomic E-state index is 10.7. The molecule has 0 amide bonds. The fourth-order valence-electron chi connectivity index (χ4n) is 2.28. The Morgan fingerprint density at radius 1 is 1.38 bits per heavy atom. The van der Waals surface area contributed by atoms with Crippen molar-refractivity contribution in [2.45, 2.75) is 32.9 Å². The Labute approximate surface area is 131 Å². The Hall–Kier alpha value is -1.17. The van der Waals surface area contributed by atoms with Gasteiger partial charge in [0.25, 0.3) is 5.69 Å². The fraction of sp³-hybridized carbons (Fsp3) is 0.600. The first-order chi connectivity index (χ1) is 9.79. The molecular weight excluding hydrogens is 290 g/mol. The summed E-state index contributed by atoms with van der Waals surface area (Å²) < 4.78 is 0. The Morgan fingerprint density at radius 3 is 2.52 bits per heavy atom. The molecule has 1 aromatic rings. The van der Waals surface area contributed by atoms with Gasteiger partial charge in [-0.1, -0.05) is 25.4 Å². The third-order valence-electron chi connectivity index (χ3n) is 3.17. The lowest BCUT2D eigenvalue weighted by Gasteiger charge is -2.24. The largest absolute Gasteiger partial charge is 0.309 e. The van der Waals surface area contributed by atoms with Gasteiger partial charge in [0.05, 0.1) is 9.95 Å². The lowest BCUT2D eigenvalue weighted by molar-refractivity contribution is -0.384. The van der Waals surface area contributed by atoms with Gasteiger partial charge in [-0.2, -0.15) is 0 Å². The van der Waals surface area contributed by atoms with Crippen LogP contribution < -0.4 is 5.32 Å². The zero-order valence-corrected chi connectivity index (χ0v) is 13.9. The SMILES string of the molecule is CC(C)CC(CN(C)C)NCc1ccc([N+](=O)[O-])cc1Cl. The summed E-state index contributed by atoms with van der Waals surface area (Å²) in [5.41, 5.74) is 0.908. The van der Waals surface area contributed by atoms with Crippen LogP contribution >= 0.6 is 11.6 Å². The molecule has 0 aromatic heterocycles. The van der Waals surface area contributed by atoms with E-state index < -0.39 is 4.92 Å². The molecular formula is C15H24ClN3O2. The van der Waals surface area contributed by atoms with E-state index in [2.05, 4.69) is 24.1 Å². The molecule has 5 nitrogen and oxygen atoms in total. The molecule has 0 aliphatic heterocycles. The van der Waals surface area contributed by atoms with Gasteiger partial charge in [0.15, 0.2) is 0 Å². The van der Waals surface area contributed by atoms with Crippen molar-refractivity contribution >= 4 is 17.3 Å². The van der Waals surface area contributed by atoms with E-state index in [-0.39, 0.29) is 5.69 Å². The first-order valence-corrected chi connectivity index (χ1v) is 7.48. The summed E-state index contributed by atoms with van der Waals surface area (Å²) in [5.74, 6) is 0.606. The van der Waals surface area contributed by atoms with E-state index in [0.717, 1.165) is 18.5 Å². The summed E-state index contributed by atoms with van der Waals surface area (Å²) in [6.45, 7) is 5.96. The fourth-order valence-corrected chi connectivity index (χ4v) is 2.52. The second-order valence-corrected chi connectivity index (χ2v) is 6.41. The van der Waals surface area contributed by atoms with E-state index in [0.29, 0.717) is 23.5 Å². The van der Waals surface area contributed by atoms with Crippen LogP contribution in [0.3, 0.4) is 0 Å². The molecule has 118 valence electrons. The number of nitro groups is 1. The molecule has 21 heavy (non-hydrogen) atoms. The summed E-state index contributed by atoms with van der Waals surface area (Å²) in [4.78, 5) is 12.4. The van der Waals surface area contributed by atoms with E-state index >= 15 is 0 Å². The summed E-state index contributed by atoms with van der Waals surface area (Å²) >= 11 is 6.11. The smallest absolute Gasteiger partial charge is 0.270 e. The van der Waals surface area contributed by atoms with Crippen LogP contribution in [0.25, 0.3) is 0 Å². The second-order valence-electron chi connectivity index (χ2n) is 6.00. The summed E-state index contributed by atoms with van der Waals surface area (Å²) in [6.07, 6.45) is 1.07. The van der Waals surface area contributed by atoms with Gasteiger partial charge < -0.3 is 10.2 Å². The number of likely N-dealkylation sites (N-methyl/N-ethyl adjacent to an activating group) is 1. The normalized spacial score (nSPS) is 12.9. The van der Waals surface area contributed by atoms with Crippen LogP contribution in [-0.4, -0.2) is 36.5 Å². The zero-order valence-electron chi connectivity index (χ0n) is 13.1. The van der Waals surface area contributed by atoms with Crippen LogP contribution in [0.4, 0.5) is 5.69 Å². The predicted molar refractivity (Wildman–Crippen MR) is 86.7 cm³/mol. The maximum absolute atomic E-state index is 10.7. The maximum Gasteiger partial charge on any atom is 0.270 e. The number of benzene rings is 1. The first kappa shape index (κ1) is 17.9. The van der Waals surface area contributed by atoms with Gasteiger partial charge in [0.1, 0.15) is 0 Å². The van der Waals surface area contributed by atoms with Gasteiger partial charge >= 0.3 is 0 Å². The number of nitrogens with zero attached hydrogens (tertiary/aromatic N) is 2. The van der Waals surface area contributed by atoms with Crippen molar-refractivity contribution < 1.29 is 4.92 Å². The molecule has 0 saturated heterocycles. The summed E-state index contributed by atoms with van der Waals surface area (Å²) in [5, 5.41) is 14.6. The highest BCUT2D eigenvalue weighted by Gasteiger charge is 2.14. The zero-order chi connectivity index (χ0) is 16.0. The Balaban J connectivity index is 2.68. The molecule has 1 rings (SSSR count). The number of halogens is 1. The van der Waals surface area contributed by atoms with E-state index in [4.69, 9.17) is 11.6 Å². The molecule has 1 aromatic carbocycles. The lowest BCUT2D eigenvalue weighted by Crippen LogP contribution is -2.38. The standard InChI is InChI=1S/C15H24ClN3O2/c1-11(2)7-13(10-18(3)4)17-9-12-5-6-14(19(20)21)8-15(12)16/h5-6,8,11,13,17H,7,9-10H2,1-4H3. The van der Waals surface area contributed by atoms with Crippen LogP contribution in [0.15, 0.2) is 18.2 Å². The van der Waals surface area contributed by atoms with Crippen LogP contribution in [0.2, 0.25) is 5.02 Å². The average molecular weight is 314 g/mol. The van der Waals surface area contributed by atoms with Crippen molar-refractivity contribution in [1.29, 1.82) is 0 Å². The van der Waals surface area contributed by atoms with E-state index in [1.54, 1.807) is 6.07 Å². The molecule has 0 radical (unpaired) electrons. The molecule has 0 fully saturated rings. The van der Waals surface area contributed by atoms with Gasteiger partial charge in [-0.05, 0) is 38.1 Å². The highest BCUT2D eigenvalue weighted by Crippen LogP contribution is 2.22. The Morgan fingerprint density at radius 2 is 2.05 bits per heavy atom. The molecule has 1 unspecified atom stereocenters. The van der Waals surface area contributed by atoms with Gasteiger partial charge in [-0.15, -0.1) is 0 Å². The second kappa shape index (κ2) is 8.32. The quantitative estimate of drug-likeness (QED) is 0.591. The van der Waals surface area contributed by atoms with Crippen molar-refractivity contribution in [3.63, 3.8) is 0 Å². The molecule has 0 bridgehead atoms. The van der Waals surface area contributed by atoms with Crippen LogP contribution in [0.1, 0.15) is 25.8 Å². The molecule has 0 saturated carbocycles. The predicted octanol–water partition coefficient (Wildman–Crippen LogP) is 3.31. The van der Waals surface area contributed by atoms with E-state index in [1.807, 2.05) is 14.1 Å². The number of nitro benzene ring substituents is 1. The minimum absolute atomic E-state index is 0.0239. The molecule has 0 aliphatic carbocycles. The monoisotopic (exact) mass is 313 g/mol. The van der Waals surface area contributed by atoms with Crippen LogP contribution in [0.5, 0.6) is 0 Å². The van der Waals surface area contributed by atoms with Crippen molar-refractivity contribution in [3.05, 3.63) is 38.9 Å². The number of hydrogen-bond donors (Lipinski definition) is 1. The van der Waals surface area contributed by atoms with Crippen molar-refractivity contribution in [1.82, 2.24) is 10.2 Å². The van der Waals surface area contributed by atoms with Crippen molar-refractivity contribution in [2.24, 2.45) is 5.92 Å². The highest BCUT2D eigenvalue weighted by molar-refractivity contribution is 6.31. The van der Waals surface area contributed by atoms with Crippen LogP contribution in [0, 0.1) is 16.0 Å². The Kier molecular flexibility index (Phi) is 7.08.